The summed E-state index contributed by atoms with van der Waals surface area (Å²) in [6.45, 7) is 7.68. The molecular formula is C22H21F3O4. The van der Waals surface area contributed by atoms with Crippen LogP contribution in [0.2, 0.25) is 0 Å². The Hall–Kier alpha value is -2.83. The number of aldehydes is 1. The van der Waals surface area contributed by atoms with Gasteiger partial charge in [-0.1, -0.05) is 27.7 Å². The summed E-state index contributed by atoms with van der Waals surface area (Å²) in [5.41, 5.74) is 1.20. The fourth-order valence-corrected chi connectivity index (χ4v) is 3.34. The van der Waals surface area contributed by atoms with Crippen molar-refractivity contribution in [1.29, 1.82) is 0 Å². The predicted molar refractivity (Wildman–Crippen MR) is 102 cm³/mol. The fourth-order valence-electron chi connectivity index (χ4n) is 3.34. The molecule has 3 rings (SSSR count). The van der Waals surface area contributed by atoms with E-state index in [2.05, 4.69) is 4.74 Å². The van der Waals surface area contributed by atoms with E-state index in [1.807, 2.05) is 13.8 Å². The first-order chi connectivity index (χ1) is 13.4. The third kappa shape index (κ3) is 4.13. The lowest BCUT2D eigenvalue weighted by Crippen LogP contribution is -2.19. The molecule has 0 amide bonds. The lowest BCUT2D eigenvalue weighted by Gasteiger charge is -2.19. The van der Waals surface area contributed by atoms with Crippen LogP contribution in [0.15, 0.2) is 30.3 Å². The molecule has 0 bridgehead atoms. The van der Waals surface area contributed by atoms with Crippen molar-refractivity contribution in [3.8, 4) is 22.6 Å². The highest BCUT2D eigenvalue weighted by atomic mass is 19.4. The molecule has 4 nitrogen and oxygen atoms in total. The highest BCUT2D eigenvalue weighted by Crippen LogP contribution is 2.48. The van der Waals surface area contributed by atoms with Crippen LogP contribution in [-0.4, -0.2) is 25.0 Å². The van der Waals surface area contributed by atoms with Crippen molar-refractivity contribution >= 4 is 12.1 Å². The van der Waals surface area contributed by atoms with Crippen LogP contribution >= 0.6 is 0 Å². The summed E-state index contributed by atoms with van der Waals surface area (Å²) in [7, 11) is 0. The zero-order valence-electron chi connectivity index (χ0n) is 16.5. The number of ether oxygens (including phenoxy) is 2. The Morgan fingerprint density at radius 1 is 1.17 bits per heavy atom. The van der Waals surface area contributed by atoms with Crippen LogP contribution in [0.4, 0.5) is 13.2 Å². The maximum absolute atomic E-state index is 13.0. The number of fused-ring (bicyclic) bond motifs is 1. The van der Waals surface area contributed by atoms with E-state index in [4.69, 9.17) is 4.74 Å². The molecule has 154 valence electrons. The lowest BCUT2D eigenvalue weighted by atomic mass is 9.82. The number of hydrogen-bond acceptors (Lipinski definition) is 4. The summed E-state index contributed by atoms with van der Waals surface area (Å²) in [6, 6.07) is 6.89. The zero-order valence-corrected chi connectivity index (χ0v) is 16.5. The molecule has 0 N–H and O–H groups in total. The average molecular weight is 406 g/mol. The minimum absolute atomic E-state index is 0.0410. The zero-order chi connectivity index (χ0) is 21.6. The number of ketones is 1. The molecule has 0 saturated heterocycles. The predicted octanol–water partition coefficient (Wildman–Crippen LogP) is 5.57. The standard InChI is InChI=1S/C22H21F3O4/c1-12(2)19(27)14-8-16(20-17(9-14)21(3,4)11-28-20)15-7-13(10-26)5-6-18(15)29-22(23,24)25/h5-10,12H,11H2,1-4H3. The van der Waals surface area contributed by atoms with Crippen molar-refractivity contribution in [2.24, 2.45) is 5.92 Å². The SMILES string of the molecule is CC(C)C(=O)c1cc(-c2cc(C=O)ccc2OC(F)(F)F)c2c(c1)C(C)(C)CO2. The van der Waals surface area contributed by atoms with Crippen LogP contribution in [-0.2, 0) is 5.41 Å². The maximum atomic E-state index is 13.0. The summed E-state index contributed by atoms with van der Waals surface area (Å²) >= 11 is 0. The summed E-state index contributed by atoms with van der Waals surface area (Å²) in [6.07, 6.45) is -4.37. The van der Waals surface area contributed by atoms with E-state index in [9.17, 15) is 22.8 Å². The van der Waals surface area contributed by atoms with Crippen molar-refractivity contribution in [2.45, 2.75) is 39.5 Å². The summed E-state index contributed by atoms with van der Waals surface area (Å²) in [4.78, 5) is 23.9. The second kappa shape index (κ2) is 7.21. The van der Waals surface area contributed by atoms with Crippen LogP contribution in [0, 0.1) is 5.92 Å². The second-order valence-electron chi connectivity index (χ2n) is 8.01. The molecule has 0 aliphatic carbocycles. The van der Waals surface area contributed by atoms with Gasteiger partial charge in [-0.05, 0) is 30.3 Å². The Kier molecular flexibility index (Phi) is 5.19. The Morgan fingerprint density at radius 3 is 2.45 bits per heavy atom. The number of Topliss-reactive ketones (excluding diaryl/α,β-unsaturated/α-hetero) is 1. The summed E-state index contributed by atoms with van der Waals surface area (Å²) in [5.74, 6) is -0.502. The highest BCUT2D eigenvalue weighted by molar-refractivity contribution is 6.00. The van der Waals surface area contributed by atoms with E-state index < -0.39 is 17.5 Å². The van der Waals surface area contributed by atoms with Gasteiger partial charge in [0.25, 0.3) is 0 Å². The van der Waals surface area contributed by atoms with E-state index >= 15 is 0 Å². The van der Waals surface area contributed by atoms with Crippen LogP contribution in [0.5, 0.6) is 11.5 Å². The molecule has 29 heavy (non-hydrogen) atoms. The Bertz CT molecular complexity index is 975. The van der Waals surface area contributed by atoms with Gasteiger partial charge in [0.15, 0.2) is 5.78 Å². The van der Waals surface area contributed by atoms with Crippen molar-refractivity contribution < 1.29 is 32.2 Å². The topological polar surface area (TPSA) is 52.6 Å². The molecule has 1 aliphatic rings. The van der Waals surface area contributed by atoms with Gasteiger partial charge < -0.3 is 9.47 Å². The van der Waals surface area contributed by atoms with Crippen molar-refractivity contribution in [1.82, 2.24) is 0 Å². The van der Waals surface area contributed by atoms with Gasteiger partial charge >= 0.3 is 6.36 Å². The molecule has 0 spiro atoms. The summed E-state index contributed by atoms with van der Waals surface area (Å²) in [5, 5.41) is 0. The van der Waals surface area contributed by atoms with Gasteiger partial charge in [-0.25, -0.2) is 0 Å². The summed E-state index contributed by atoms with van der Waals surface area (Å²) < 4.78 is 48.9. The molecule has 7 heteroatoms. The van der Waals surface area contributed by atoms with Crippen LogP contribution in [0.1, 0.15) is 54.0 Å². The van der Waals surface area contributed by atoms with Crippen molar-refractivity contribution in [3.05, 3.63) is 47.0 Å². The monoisotopic (exact) mass is 406 g/mol. The molecule has 1 aliphatic heterocycles. The van der Waals surface area contributed by atoms with E-state index in [1.54, 1.807) is 19.9 Å². The Labute approximate surface area is 166 Å². The third-order valence-corrected chi connectivity index (χ3v) is 4.86. The first kappa shape index (κ1) is 20.9. The number of rotatable bonds is 5. The number of halogens is 3. The minimum atomic E-state index is -4.91. The molecule has 0 unspecified atom stereocenters. The second-order valence-corrected chi connectivity index (χ2v) is 8.01. The van der Waals surface area contributed by atoms with Gasteiger partial charge in [0.05, 0.1) is 6.61 Å². The normalized spacial score (nSPS) is 15.0. The third-order valence-electron chi connectivity index (χ3n) is 4.86. The van der Waals surface area contributed by atoms with Gasteiger partial charge in [0.1, 0.15) is 17.8 Å². The van der Waals surface area contributed by atoms with Gasteiger partial charge in [0.2, 0.25) is 0 Å². The van der Waals surface area contributed by atoms with Gasteiger partial charge in [-0.2, -0.15) is 0 Å². The number of carbonyl (C=O) groups is 2. The van der Waals surface area contributed by atoms with E-state index in [-0.39, 0.29) is 22.8 Å². The first-order valence-electron chi connectivity index (χ1n) is 9.14. The van der Waals surface area contributed by atoms with Crippen molar-refractivity contribution in [3.63, 3.8) is 0 Å². The largest absolute Gasteiger partial charge is 0.573 e. The molecule has 0 fully saturated rings. The molecular weight excluding hydrogens is 385 g/mol. The molecule has 2 aromatic rings. The lowest BCUT2D eigenvalue weighted by molar-refractivity contribution is -0.274. The molecule has 0 atom stereocenters. The van der Waals surface area contributed by atoms with E-state index in [0.717, 1.165) is 11.6 Å². The van der Waals surface area contributed by atoms with Crippen LogP contribution in [0.25, 0.3) is 11.1 Å². The fraction of sp³-hybridized carbons (Fsp3) is 0.364. The molecule has 0 radical (unpaired) electrons. The maximum Gasteiger partial charge on any atom is 0.573 e. The molecule has 0 saturated carbocycles. The van der Waals surface area contributed by atoms with Crippen LogP contribution in [0.3, 0.4) is 0 Å². The average Bonchev–Trinajstić information content (AvgIpc) is 2.94. The quantitative estimate of drug-likeness (QED) is 0.481. The number of carbonyl (C=O) groups excluding carboxylic acids is 2. The Balaban J connectivity index is 2.31. The number of alkyl halides is 3. The van der Waals surface area contributed by atoms with Crippen molar-refractivity contribution in [2.75, 3.05) is 6.61 Å². The van der Waals surface area contributed by atoms with Gasteiger partial charge in [0, 0.05) is 39.2 Å². The number of benzene rings is 2. The minimum Gasteiger partial charge on any atom is -0.492 e. The van der Waals surface area contributed by atoms with Crippen LogP contribution < -0.4 is 9.47 Å². The molecule has 0 aromatic heterocycles. The molecule has 1 heterocycles. The first-order valence-corrected chi connectivity index (χ1v) is 9.14. The smallest absolute Gasteiger partial charge is 0.492 e. The van der Waals surface area contributed by atoms with Gasteiger partial charge in [-0.15, -0.1) is 13.2 Å². The van der Waals surface area contributed by atoms with E-state index in [1.165, 1.54) is 18.2 Å². The Morgan fingerprint density at radius 2 is 1.86 bits per heavy atom. The highest BCUT2D eigenvalue weighted by Gasteiger charge is 2.37. The number of hydrogen-bond donors (Lipinski definition) is 0. The van der Waals surface area contributed by atoms with E-state index in [0.29, 0.717) is 29.8 Å². The molecule has 2 aromatic carbocycles. The van der Waals surface area contributed by atoms with Gasteiger partial charge in [-0.3, -0.25) is 9.59 Å².